The van der Waals surface area contributed by atoms with Crippen molar-refractivity contribution in [2.24, 2.45) is 0 Å². The van der Waals surface area contributed by atoms with E-state index in [1.165, 1.54) is 19.3 Å². The summed E-state index contributed by atoms with van der Waals surface area (Å²) in [6.45, 7) is 4.83. The van der Waals surface area contributed by atoms with E-state index in [9.17, 15) is 4.79 Å². The van der Waals surface area contributed by atoms with Crippen molar-refractivity contribution < 1.29 is 4.79 Å². The molecule has 0 bridgehead atoms. The highest BCUT2D eigenvalue weighted by Crippen LogP contribution is 2.24. The molecule has 2 rings (SSSR count). The Morgan fingerprint density at radius 2 is 1.85 bits per heavy atom. The Balaban J connectivity index is 2.09. The topological polar surface area (TPSA) is 20.3 Å². The van der Waals surface area contributed by atoms with Crippen molar-refractivity contribution >= 4 is 12.0 Å². The first kappa shape index (κ1) is 14.8. The Morgan fingerprint density at radius 1 is 1.20 bits per heavy atom. The third-order valence-electron chi connectivity index (χ3n) is 4.14. The summed E-state index contributed by atoms with van der Waals surface area (Å²) in [7, 11) is 0. The van der Waals surface area contributed by atoms with Gasteiger partial charge in [-0.1, -0.05) is 49.6 Å². The van der Waals surface area contributed by atoms with Crippen molar-refractivity contribution in [3.63, 3.8) is 0 Å². The number of benzene rings is 1. The van der Waals surface area contributed by atoms with Crippen LogP contribution in [0.5, 0.6) is 0 Å². The van der Waals surface area contributed by atoms with Gasteiger partial charge in [-0.15, -0.1) is 0 Å². The molecule has 20 heavy (non-hydrogen) atoms. The molecule has 1 aromatic rings. The molecule has 1 saturated carbocycles. The molecule has 2 heteroatoms. The standard InChI is InChI=1S/C18H25NO/c1-3-19(17-12-8-5-9-13-17)18(20)15(2)14-16-10-6-4-7-11-16/h4,6-7,10-11,14,17H,3,5,8-9,12-13H2,1-2H3. The van der Waals surface area contributed by atoms with Gasteiger partial charge in [0.1, 0.15) is 0 Å². The fourth-order valence-corrected chi connectivity index (χ4v) is 3.05. The molecule has 0 saturated heterocycles. The summed E-state index contributed by atoms with van der Waals surface area (Å²) >= 11 is 0. The van der Waals surface area contributed by atoms with Crippen molar-refractivity contribution in [2.75, 3.05) is 6.54 Å². The predicted octanol–water partition coefficient (Wildman–Crippen LogP) is 4.27. The molecule has 108 valence electrons. The summed E-state index contributed by atoms with van der Waals surface area (Å²) in [5, 5.41) is 0. The number of hydrogen-bond acceptors (Lipinski definition) is 1. The lowest BCUT2D eigenvalue weighted by molar-refractivity contribution is -0.129. The van der Waals surface area contributed by atoms with E-state index in [4.69, 9.17) is 0 Å². The van der Waals surface area contributed by atoms with Crippen LogP contribution in [0.3, 0.4) is 0 Å². The smallest absolute Gasteiger partial charge is 0.249 e. The molecule has 1 fully saturated rings. The number of amides is 1. The van der Waals surface area contributed by atoms with Gasteiger partial charge in [0.15, 0.2) is 0 Å². The molecule has 1 aliphatic rings. The minimum absolute atomic E-state index is 0.197. The molecule has 0 N–H and O–H groups in total. The van der Waals surface area contributed by atoms with Crippen LogP contribution in [0.15, 0.2) is 35.9 Å². The number of nitrogens with zero attached hydrogens (tertiary/aromatic N) is 1. The second-order valence-corrected chi connectivity index (χ2v) is 5.62. The molecule has 1 aromatic carbocycles. The van der Waals surface area contributed by atoms with Gasteiger partial charge in [-0.05, 0) is 38.3 Å². The van der Waals surface area contributed by atoms with Gasteiger partial charge in [0.05, 0.1) is 0 Å². The van der Waals surface area contributed by atoms with Gasteiger partial charge in [0, 0.05) is 18.2 Å². The van der Waals surface area contributed by atoms with Gasteiger partial charge in [-0.25, -0.2) is 0 Å². The van der Waals surface area contributed by atoms with E-state index < -0.39 is 0 Å². The molecular weight excluding hydrogens is 246 g/mol. The second-order valence-electron chi connectivity index (χ2n) is 5.62. The lowest BCUT2D eigenvalue weighted by Gasteiger charge is -2.33. The summed E-state index contributed by atoms with van der Waals surface area (Å²) in [6.07, 6.45) is 8.16. The Kier molecular flexibility index (Phi) is 5.40. The molecule has 0 aliphatic heterocycles. The normalized spacial score (nSPS) is 17.0. The van der Waals surface area contributed by atoms with Crippen LogP contribution < -0.4 is 0 Å². The lowest BCUT2D eigenvalue weighted by Crippen LogP contribution is -2.41. The molecule has 0 heterocycles. The van der Waals surface area contributed by atoms with Crippen LogP contribution in [0.25, 0.3) is 6.08 Å². The molecule has 1 amide bonds. The summed E-state index contributed by atoms with van der Waals surface area (Å²) in [6, 6.07) is 10.5. The summed E-state index contributed by atoms with van der Waals surface area (Å²) in [4.78, 5) is 14.7. The predicted molar refractivity (Wildman–Crippen MR) is 84.4 cm³/mol. The average Bonchev–Trinajstić information content (AvgIpc) is 2.50. The fraction of sp³-hybridized carbons (Fsp3) is 0.500. The zero-order chi connectivity index (χ0) is 14.4. The minimum atomic E-state index is 0.197. The molecule has 2 nitrogen and oxygen atoms in total. The first-order chi connectivity index (χ1) is 9.72. The van der Waals surface area contributed by atoms with E-state index in [0.717, 1.165) is 30.5 Å². The lowest BCUT2D eigenvalue weighted by atomic mass is 9.93. The van der Waals surface area contributed by atoms with Crippen molar-refractivity contribution in [2.45, 2.75) is 52.0 Å². The molecule has 0 spiro atoms. The summed E-state index contributed by atoms with van der Waals surface area (Å²) < 4.78 is 0. The largest absolute Gasteiger partial charge is 0.336 e. The van der Waals surface area contributed by atoms with Crippen molar-refractivity contribution in [3.8, 4) is 0 Å². The summed E-state index contributed by atoms with van der Waals surface area (Å²) in [5.74, 6) is 0.197. The minimum Gasteiger partial charge on any atom is -0.336 e. The molecule has 0 unspecified atom stereocenters. The highest BCUT2D eigenvalue weighted by atomic mass is 16.2. The van der Waals surface area contributed by atoms with Crippen molar-refractivity contribution in [1.29, 1.82) is 0 Å². The zero-order valence-electron chi connectivity index (χ0n) is 12.6. The van der Waals surface area contributed by atoms with E-state index >= 15 is 0 Å². The number of hydrogen-bond donors (Lipinski definition) is 0. The van der Waals surface area contributed by atoms with E-state index in [2.05, 4.69) is 11.8 Å². The van der Waals surface area contributed by atoms with Crippen molar-refractivity contribution in [1.82, 2.24) is 4.90 Å². The van der Waals surface area contributed by atoms with E-state index in [1.54, 1.807) is 0 Å². The van der Waals surface area contributed by atoms with Gasteiger partial charge >= 0.3 is 0 Å². The molecule has 0 atom stereocenters. The Hall–Kier alpha value is -1.57. The van der Waals surface area contributed by atoms with Crippen molar-refractivity contribution in [3.05, 3.63) is 41.5 Å². The van der Waals surface area contributed by atoms with Gasteiger partial charge in [0.2, 0.25) is 5.91 Å². The molecular formula is C18H25NO. The first-order valence-corrected chi connectivity index (χ1v) is 7.76. The second kappa shape index (κ2) is 7.28. The van der Waals surface area contributed by atoms with E-state index in [-0.39, 0.29) is 5.91 Å². The third-order valence-corrected chi connectivity index (χ3v) is 4.14. The van der Waals surface area contributed by atoms with Crippen LogP contribution in [-0.4, -0.2) is 23.4 Å². The van der Waals surface area contributed by atoms with Gasteiger partial charge in [0.25, 0.3) is 0 Å². The van der Waals surface area contributed by atoms with Crippen LogP contribution in [0, 0.1) is 0 Å². The Bertz CT molecular complexity index is 458. The fourth-order valence-electron chi connectivity index (χ4n) is 3.05. The number of carbonyl (C=O) groups excluding carboxylic acids is 1. The van der Waals surface area contributed by atoms with Crippen LogP contribution in [0.4, 0.5) is 0 Å². The maximum absolute atomic E-state index is 12.6. The Morgan fingerprint density at radius 3 is 2.45 bits per heavy atom. The quantitative estimate of drug-likeness (QED) is 0.749. The highest BCUT2D eigenvalue weighted by molar-refractivity contribution is 5.97. The number of likely N-dealkylation sites (N-methyl/N-ethyl adjacent to an activating group) is 1. The molecule has 0 aromatic heterocycles. The highest BCUT2D eigenvalue weighted by Gasteiger charge is 2.24. The zero-order valence-corrected chi connectivity index (χ0v) is 12.6. The van der Waals surface area contributed by atoms with Gasteiger partial charge < -0.3 is 4.90 Å². The van der Waals surface area contributed by atoms with E-state index in [0.29, 0.717) is 6.04 Å². The van der Waals surface area contributed by atoms with Crippen LogP contribution in [-0.2, 0) is 4.79 Å². The van der Waals surface area contributed by atoms with E-state index in [1.807, 2.05) is 43.3 Å². The number of carbonyl (C=O) groups is 1. The Labute approximate surface area is 122 Å². The maximum Gasteiger partial charge on any atom is 0.249 e. The monoisotopic (exact) mass is 271 g/mol. The summed E-state index contributed by atoms with van der Waals surface area (Å²) in [5.41, 5.74) is 1.93. The van der Waals surface area contributed by atoms with Crippen LogP contribution in [0.2, 0.25) is 0 Å². The number of rotatable bonds is 4. The molecule has 1 aliphatic carbocycles. The van der Waals surface area contributed by atoms with Crippen LogP contribution >= 0.6 is 0 Å². The average molecular weight is 271 g/mol. The first-order valence-electron chi connectivity index (χ1n) is 7.76. The third kappa shape index (κ3) is 3.72. The molecule has 0 radical (unpaired) electrons. The van der Waals surface area contributed by atoms with Crippen LogP contribution in [0.1, 0.15) is 51.5 Å². The SMILES string of the molecule is CCN(C(=O)C(C)=Cc1ccccc1)C1CCCCC1. The van der Waals surface area contributed by atoms with Gasteiger partial charge in [-0.3, -0.25) is 4.79 Å². The maximum atomic E-state index is 12.6. The van der Waals surface area contributed by atoms with Gasteiger partial charge in [-0.2, -0.15) is 0 Å².